The molecule has 19 heavy (non-hydrogen) atoms. The van der Waals surface area contributed by atoms with Gasteiger partial charge in [0.05, 0.1) is 11.2 Å². The Morgan fingerprint density at radius 1 is 1.63 bits per heavy atom. The van der Waals surface area contributed by atoms with Gasteiger partial charge in [-0.15, -0.1) is 0 Å². The van der Waals surface area contributed by atoms with Crippen LogP contribution in [-0.2, 0) is 11.3 Å². The van der Waals surface area contributed by atoms with Crippen molar-refractivity contribution in [2.24, 2.45) is 5.73 Å². The summed E-state index contributed by atoms with van der Waals surface area (Å²) < 4.78 is 0. The van der Waals surface area contributed by atoms with Crippen LogP contribution in [0.1, 0.15) is 25.1 Å². The highest BCUT2D eigenvalue weighted by Gasteiger charge is 2.37. The van der Waals surface area contributed by atoms with E-state index in [4.69, 9.17) is 18.0 Å². The van der Waals surface area contributed by atoms with E-state index in [1.807, 2.05) is 26.0 Å². The zero-order valence-corrected chi connectivity index (χ0v) is 12.0. The van der Waals surface area contributed by atoms with Gasteiger partial charge in [0.1, 0.15) is 4.99 Å². The normalized spacial score (nSPS) is 18.9. The summed E-state index contributed by atoms with van der Waals surface area (Å²) in [6, 6.07) is 3.80. The number of pyridine rings is 1. The van der Waals surface area contributed by atoms with Crippen LogP contribution >= 0.6 is 12.2 Å². The summed E-state index contributed by atoms with van der Waals surface area (Å²) in [5, 5.41) is 2.88. The van der Waals surface area contributed by atoms with Crippen LogP contribution in [0.25, 0.3) is 0 Å². The molecule has 3 N–H and O–H groups in total. The molecule has 0 atom stereocenters. The number of thiocarbonyl (C=S) groups is 1. The Balaban J connectivity index is 2.18. The van der Waals surface area contributed by atoms with Crippen molar-refractivity contribution in [2.45, 2.75) is 25.9 Å². The number of nitrogens with one attached hydrogen (secondary N) is 1. The second kappa shape index (κ2) is 5.22. The summed E-state index contributed by atoms with van der Waals surface area (Å²) in [6.07, 6.45) is 1.70. The summed E-state index contributed by atoms with van der Waals surface area (Å²) >= 11 is 4.93. The first-order valence-electron chi connectivity index (χ1n) is 6.19. The van der Waals surface area contributed by atoms with Crippen LogP contribution in [0.3, 0.4) is 0 Å². The molecular formula is C13H18N4OS. The minimum absolute atomic E-state index is 0.0578. The lowest BCUT2D eigenvalue weighted by atomic mass is 9.98. The molecule has 2 rings (SSSR count). The van der Waals surface area contributed by atoms with Gasteiger partial charge in [0.15, 0.2) is 0 Å². The molecule has 0 spiro atoms. The fraction of sp³-hybridized carbons (Fsp3) is 0.462. The molecule has 0 radical (unpaired) electrons. The number of nitrogens with zero attached hydrogens (tertiary/aromatic N) is 2. The Hall–Kier alpha value is -1.53. The summed E-state index contributed by atoms with van der Waals surface area (Å²) in [6.45, 7) is 6.03. The Morgan fingerprint density at radius 2 is 2.37 bits per heavy atom. The fourth-order valence-corrected chi connectivity index (χ4v) is 2.26. The number of hydrogen-bond acceptors (Lipinski definition) is 4. The molecule has 0 saturated carbocycles. The highest BCUT2D eigenvalue weighted by atomic mass is 32.1. The van der Waals surface area contributed by atoms with E-state index in [0.717, 1.165) is 12.1 Å². The second-order valence-electron chi connectivity index (χ2n) is 5.15. The maximum atomic E-state index is 11.9. The predicted octanol–water partition coefficient (Wildman–Crippen LogP) is 0.426. The summed E-state index contributed by atoms with van der Waals surface area (Å²) in [5.74, 6) is 0.0578. The number of amides is 1. The molecule has 0 unspecified atom stereocenters. The first-order valence-corrected chi connectivity index (χ1v) is 6.60. The van der Waals surface area contributed by atoms with Gasteiger partial charge in [-0.25, -0.2) is 0 Å². The molecule has 102 valence electrons. The average molecular weight is 278 g/mol. The lowest BCUT2D eigenvalue weighted by molar-refractivity contribution is -0.135. The fourth-order valence-electron chi connectivity index (χ4n) is 2.15. The minimum Gasteiger partial charge on any atom is -0.388 e. The molecule has 6 heteroatoms. The van der Waals surface area contributed by atoms with Crippen LogP contribution in [0.5, 0.6) is 0 Å². The molecule has 0 aromatic carbocycles. The van der Waals surface area contributed by atoms with Crippen LogP contribution in [0.4, 0.5) is 0 Å². The third kappa shape index (κ3) is 2.90. The number of rotatable bonds is 3. The van der Waals surface area contributed by atoms with E-state index >= 15 is 0 Å². The van der Waals surface area contributed by atoms with Crippen molar-refractivity contribution in [3.8, 4) is 0 Å². The summed E-state index contributed by atoms with van der Waals surface area (Å²) in [5.41, 5.74) is 6.75. The predicted molar refractivity (Wildman–Crippen MR) is 77.6 cm³/mol. The maximum absolute atomic E-state index is 11.9. The highest BCUT2D eigenvalue weighted by Crippen LogP contribution is 2.20. The third-order valence-corrected chi connectivity index (χ3v) is 3.67. The van der Waals surface area contributed by atoms with Crippen LogP contribution in [-0.4, -0.2) is 39.4 Å². The van der Waals surface area contributed by atoms with Crippen molar-refractivity contribution in [3.63, 3.8) is 0 Å². The molecule has 2 heterocycles. The van der Waals surface area contributed by atoms with Gasteiger partial charge < -0.3 is 11.1 Å². The Labute approximate surface area is 118 Å². The molecule has 0 bridgehead atoms. The number of nitrogens with two attached hydrogens (primary N) is 1. The largest absolute Gasteiger partial charge is 0.388 e. The Morgan fingerprint density at radius 3 is 3.05 bits per heavy atom. The lowest BCUT2D eigenvalue weighted by Crippen LogP contribution is -2.61. The number of aromatic nitrogens is 1. The van der Waals surface area contributed by atoms with Gasteiger partial charge in [-0.3, -0.25) is 14.7 Å². The SMILES string of the molecule is CC1(C)C(=O)NCCN1Cc1ccnc(C(N)=S)c1. The average Bonchev–Trinajstić information content (AvgIpc) is 2.36. The van der Waals surface area contributed by atoms with Crippen LogP contribution < -0.4 is 11.1 Å². The highest BCUT2D eigenvalue weighted by molar-refractivity contribution is 7.80. The monoisotopic (exact) mass is 278 g/mol. The Kier molecular flexibility index (Phi) is 3.82. The van der Waals surface area contributed by atoms with Gasteiger partial charge in [0.2, 0.25) is 5.91 Å². The van der Waals surface area contributed by atoms with Crippen molar-refractivity contribution in [1.82, 2.24) is 15.2 Å². The number of carbonyl (C=O) groups is 1. The van der Waals surface area contributed by atoms with Gasteiger partial charge >= 0.3 is 0 Å². The molecule has 1 aliphatic rings. The van der Waals surface area contributed by atoms with Crippen molar-refractivity contribution in [2.75, 3.05) is 13.1 Å². The molecule has 0 aliphatic carbocycles. The minimum atomic E-state index is -0.509. The zero-order chi connectivity index (χ0) is 14.0. The standard InChI is InChI=1S/C13H18N4OS/c1-13(2)12(18)16-5-6-17(13)8-9-3-4-15-10(7-9)11(14)19/h3-4,7H,5-6,8H2,1-2H3,(H2,14,19)(H,16,18). The van der Waals surface area contributed by atoms with Crippen molar-refractivity contribution in [1.29, 1.82) is 0 Å². The lowest BCUT2D eigenvalue weighted by Gasteiger charge is -2.41. The number of piperazine rings is 1. The summed E-state index contributed by atoms with van der Waals surface area (Å²) in [4.78, 5) is 18.4. The van der Waals surface area contributed by atoms with Gasteiger partial charge in [0.25, 0.3) is 0 Å². The molecule has 5 nitrogen and oxygen atoms in total. The van der Waals surface area contributed by atoms with E-state index in [9.17, 15) is 4.79 Å². The molecular weight excluding hydrogens is 260 g/mol. The molecule has 1 aliphatic heterocycles. The first kappa shape index (κ1) is 13.9. The van der Waals surface area contributed by atoms with Gasteiger partial charge in [-0.1, -0.05) is 12.2 Å². The van der Waals surface area contributed by atoms with Crippen LogP contribution in [0, 0.1) is 0 Å². The van der Waals surface area contributed by atoms with E-state index in [0.29, 0.717) is 18.8 Å². The molecule has 1 amide bonds. The molecule has 1 aromatic rings. The molecule has 1 aromatic heterocycles. The molecule has 1 saturated heterocycles. The van der Waals surface area contributed by atoms with E-state index in [2.05, 4.69) is 15.2 Å². The first-order chi connectivity index (χ1) is 8.91. The van der Waals surface area contributed by atoms with Crippen LogP contribution in [0.2, 0.25) is 0 Å². The van der Waals surface area contributed by atoms with Crippen molar-refractivity contribution in [3.05, 3.63) is 29.6 Å². The quantitative estimate of drug-likeness (QED) is 0.784. The van der Waals surface area contributed by atoms with Crippen molar-refractivity contribution >= 4 is 23.1 Å². The Bertz CT molecular complexity index is 515. The van der Waals surface area contributed by atoms with Gasteiger partial charge in [0, 0.05) is 25.8 Å². The van der Waals surface area contributed by atoms with Crippen LogP contribution in [0.15, 0.2) is 18.3 Å². The topological polar surface area (TPSA) is 71.2 Å². The molecule has 1 fully saturated rings. The van der Waals surface area contributed by atoms with E-state index < -0.39 is 5.54 Å². The maximum Gasteiger partial charge on any atom is 0.240 e. The van der Waals surface area contributed by atoms with E-state index in [-0.39, 0.29) is 10.9 Å². The number of carbonyl (C=O) groups excluding carboxylic acids is 1. The van der Waals surface area contributed by atoms with Gasteiger partial charge in [-0.05, 0) is 31.5 Å². The zero-order valence-electron chi connectivity index (χ0n) is 11.1. The van der Waals surface area contributed by atoms with Gasteiger partial charge in [-0.2, -0.15) is 0 Å². The number of hydrogen-bond donors (Lipinski definition) is 2. The van der Waals surface area contributed by atoms with E-state index in [1.54, 1.807) is 6.20 Å². The van der Waals surface area contributed by atoms with Crippen molar-refractivity contribution < 1.29 is 4.79 Å². The van der Waals surface area contributed by atoms with E-state index in [1.165, 1.54) is 0 Å². The smallest absolute Gasteiger partial charge is 0.240 e. The third-order valence-electron chi connectivity index (χ3n) is 3.46. The summed E-state index contributed by atoms with van der Waals surface area (Å²) in [7, 11) is 0. The second-order valence-corrected chi connectivity index (χ2v) is 5.59.